The fourth-order valence-corrected chi connectivity index (χ4v) is 3.01. The molecule has 1 heterocycles. The Hall–Kier alpha value is -3.39. The molecule has 0 aromatic heterocycles. The third-order valence-electron chi connectivity index (χ3n) is 4.50. The number of rotatable bonds is 8. The van der Waals surface area contributed by atoms with Crippen LogP contribution >= 0.6 is 0 Å². The number of aliphatic imine (C=N–C) groups is 1. The fraction of sp³-hybridized carbons (Fsp3) is 0.286. The first kappa shape index (κ1) is 20.3. The number of nitrogens with zero attached hydrogens (tertiary/aromatic N) is 5. The van der Waals surface area contributed by atoms with Crippen molar-refractivity contribution in [2.75, 3.05) is 32.2 Å². The van der Waals surface area contributed by atoms with Crippen LogP contribution in [-0.2, 0) is 4.79 Å². The quantitative estimate of drug-likeness (QED) is 0.298. The molecule has 2 aromatic rings. The summed E-state index contributed by atoms with van der Waals surface area (Å²) in [5.74, 6) is -0.819. The highest BCUT2D eigenvalue weighted by Crippen LogP contribution is 2.27. The first-order chi connectivity index (χ1) is 14.0. The Morgan fingerprint density at radius 1 is 1.17 bits per heavy atom. The minimum atomic E-state index is -0.591. The van der Waals surface area contributed by atoms with E-state index in [0.29, 0.717) is 17.9 Å². The van der Waals surface area contributed by atoms with Gasteiger partial charge < -0.3 is 4.90 Å². The number of non-ortho nitro benzene ring substituents is 1. The van der Waals surface area contributed by atoms with Crippen LogP contribution in [0.3, 0.4) is 0 Å². The van der Waals surface area contributed by atoms with Gasteiger partial charge in [-0.15, -0.1) is 0 Å². The van der Waals surface area contributed by atoms with Crippen LogP contribution < -0.4 is 5.01 Å². The third-order valence-corrected chi connectivity index (χ3v) is 4.50. The molecule has 0 saturated carbocycles. The van der Waals surface area contributed by atoms with Crippen LogP contribution in [0.2, 0.25) is 0 Å². The van der Waals surface area contributed by atoms with E-state index in [1.807, 2.05) is 44.4 Å². The minimum Gasteiger partial charge on any atom is -0.309 e. The maximum atomic E-state index is 13.1. The summed E-state index contributed by atoms with van der Waals surface area (Å²) in [6.45, 7) is 1.55. The Bertz CT molecular complexity index is 923. The maximum Gasteiger partial charge on any atom is 0.269 e. The zero-order valence-electron chi connectivity index (χ0n) is 16.4. The van der Waals surface area contributed by atoms with Crippen molar-refractivity contribution >= 4 is 29.2 Å². The van der Waals surface area contributed by atoms with Crippen molar-refractivity contribution in [3.63, 3.8) is 0 Å². The van der Waals surface area contributed by atoms with Gasteiger partial charge in [0.15, 0.2) is 0 Å². The fourth-order valence-electron chi connectivity index (χ4n) is 3.01. The predicted molar refractivity (Wildman–Crippen MR) is 114 cm³/mol. The van der Waals surface area contributed by atoms with E-state index < -0.39 is 10.8 Å². The zero-order chi connectivity index (χ0) is 20.8. The molecule has 150 valence electrons. The summed E-state index contributed by atoms with van der Waals surface area (Å²) in [6, 6.07) is 15.3. The lowest BCUT2D eigenvalue weighted by atomic mass is 9.98. The van der Waals surface area contributed by atoms with Gasteiger partial charge in [-0.2, -0.15) is 10.1 Å². The highest BCUT2D eigenvalue weighted by Gasteiger charge is 2.36. The van der Waals surface area contributed by atoms with Crippen LogP contribution in [0.5, 0.6) is 0 Å². The van der Waals surface area contributed by atoms with E-state index in [9.17, 15) is 14.9 Å². The van der Waals surface area contributed by atoms with E-state index >= 15 is 0 Å². The Labute approximate surface area is 169 Å². The highest BCUT2D eigenvalue weighted by atomic mass is 16.6. The largest absolute Gasteiger partial charge is 0.309 e. The van der Waals surface area contributed by atoms with Gasteiger partial charge in [-0.25, -0.2) is 0 Å². The monoisotopic (exact) mass is 393 g/mol. The van der Waals surface area contributed by atoms with Gasteiger partial charge in [0, 0.05) is 24.9 Å². The Balaban J connectivity index is 1.85. The van der Waals surface area contributed by atoms with Crippen LogP contribution in [0.15, 0.2) is 64.7 Å². The van der Waals surface area contributed by atoms with Crippen molar-refractivity contribution in [3.05, 3.63) is 70.3 Å². The molecular weight excluding hydrogens is 370 g/mol. The van der Waals surface area contributed by atoms with Crippen LogP contribution in [0.25, 0.3) is 0 Å². The molecule has 0 saturated heterocycles. The number of amides is 1. The van der Waals surface area contributed by atoms with Crippen molar-refractivity contribution in [2.24, 2.45) is 16.0 Å². The second kappa shape index (κ2) is 9.20. The molecule has 8 heteroatoms. The Kier molecular flexibility index (Phi) is 6.46. The SMILES string of the molecule is CN(C)CCCN=CC1C(=O)N(c2ccc([N+](=O)[O-])cc2)N=C1c1ccccc1. The molecular formula is C21H23N5O3. The van der Waals surface area contributed by atoms with Crippen LogP contribution in [0, 0.1) is 16.0 Å². The van der Waals surface area contributed by atoms with Gasteiger partial charge in [-0.1, -0.05) is 30.3 Å². The number of anilines is 1. The standard InChI is InChI=1S/C21H23N5O3/c1-24(2)14-6-13-22-15-19-20(16-7-4-3-5-8-16)23-25(21(19)27)17-9-11-18(12-10-17)26(28)29/h3-5,7-12,15,19H,6,13-14H2,1-2H3. The number of nitro groups is 1. The lowest BCUT2D eigenvalue weighted by Crippen LogP contribution is -2.28. The first-order valence-corrected chi connectivity index (χ1v) is 9.34. The van der Waals surface area contributed by atoms with E-state index in [1.165, 1.54) is 29.3 Å². The number of hydrogen-bond donors (Lipinski definition) is 0. The summed E-state index contributed by atoms with van der Waals surface area (Å²) >= 11 is 0. The third kappa shape index (κ3) is 4.91. The molecule has 29 heavy (non-hydrogen) atoms. The Morgan fingerprint density at radius 2 is 1.86 bits per heavy atom. The summed E-state index contributed by atoms with van der Waals surface area (Å²) in [7, 11) is 4.01. The maximum absolute atomic E-state index is 13.1. The molecule has 1 unspecified atom stereocenters. The van der Waals surface area contributed by atoms with Gasteiger partial charge in [-0.05, 0) is 44.8 Å². The summed E-state index contributed by atoms with van der Waals surface area (Å²) in [4.78, 5) is 30.0. The molecule has 1 atom stereocenters. The molecule has 0 spiro atoms. The lowest BCUT2D eigenvalue weighted by molar-refractivity contribution is -0.384. The molecule has 1 amide bonds. The molecule has 0 N–H and O–H groups in total. The predicted octanol–water partition coefficient (Wildman–Crippen LogP) is 2.98. The molecule has 0 radical (unpaired) electrons. The number of nitro benzene ring substituents is 1. The number of hydrogen-bond acceptors (Lipinski definition) is 6. The summed E-state index contributed by atoms with van der Waals surface area (Å²) < 4.78 is 0. The molecule has 3 rings (SSSR count). The first-order valence-electron chi connectivity index (χ1n) is 9.34. The van der Waals surface area contributed by atoms with Gasteiger partial charge >= 0.3 is 0 Å². The molecule has 1 aliphatic heterocycles. The van der Waals surface area contributed by atoms with E-state index in [4.69, 9.17) is 0 Å². The van der Waals surface area contributed by atoms with E-state index in [-0.39, 0.29) is 11.6 Å². The number of carbonyl (C=O) groups excluding carboxylic acids is 1. The second-order valence-electron chi connectivity index (χ2n) is 6.96. The van der Waals surface area contributed by atoms with E-state index in [0.717, 1.165) is 18.5 Å². The van der Waals surface area contributed by atoms with Crippen LogP contribution in [0.1, 0.15) is 12.0 Å². The van der Waals surface area contributed by atoms with Crippen LogP contribution in [-0.4, -0.2) is 54.8 Å². The molecule has 2 aromatic carbocycles. The highest BCUT2D eigenvalue weighted by molar-refractivity contribution is 6.29. The van der Waals surface area contributed by atoms with Gasteiger partial charge in [0.25, 0.3) is 11.6 Å². The normalized spacial score (nSPS) is 16.7. The molecule has 1 aliphatic rings. The average Bonchev–Trinajstić information content (AvgIpc) is 3.04. The minimum absolute atomic E-state index is 0.0355. The van der Waals surface area contributed by atoms with Gasteiger partial charge in [-0.3, -0.25) is 19.9 Å². The molecule has 0 bridgehead atoms. The number of benzene rings is 2. The Morgan fingerprint density at radius 3 is 2.48 bits per heavy atom. The topological polar surface area (TPSA) is 91.4 Å². The molecule has 8 nitrogen and oxygen atoms in total. The smallest absolute Gasteiger partial charge is 0.269 e. The molecule has 0 fully saturated rings. The zero-order valence-corrected chi connectivity index (χ0v) is 16.4. The van der Waals surface area contributed by atoms with Crippen molar-refractivity contribution in [1.29, 1.82) is 0 Å². The van der Waals surface area contributed by atoms with Crippen molar-refractivity contribution in [3.8, 4) is 0 Å². The van der Waals surface area contributed by atoms with Crippen molar-refractivity contribution in [1.82, 2.24) is 4.90 Å². The van der Waals surface area contributed by atoms with Gasteiger partial charge in [0.2, 0.25) is 0 Å². The van der Waals surface area contributed by atoms with Gasteiger partial charge in [0.05, 0.1) is 16.3 Å². The summed E-state index contributed by atoms with van der Waals surface area (Å²) in [5, 5.41) is 16.7. The second-order valence-corrected chi connectivity index (χ2v) is 6.96. The van der Waals surface area contributed by atoms with E-state index in [2.05, 4.69) is 15.0 Å². The van der Waals surface area contributed by atoms with Crippen LogP contribution in [0.4, 0.5) is 11.4 Å². The number of carbonyl (C=O) groups is 1. The number of hydrazone groups is 1. The average molecular weight is 393 g/mol. The molecule has 0 aliphatic carbocycles. The summed E-state index contributed by atoms with van der Waals surface area (Å²) in [5.41, 5.74) is 1.91. The van der Waals surface area contributed by atoms with E-state index in [1.54, 1.807) is 6.21 Å². The lowest BCUT2D eigenvalue weighted by Gasteiger charge is -2.12. The summed E-state index contributed by atoms with van der Waals surface area (Å²) in [6.07, 6.45) is 2.56. The van der Waals surface area contributed by atoms with Crippen molar-refractivity contribution < 1.29 is 9.72 Å². The van der Waals surface area contributed by atoms with Crippen molar-refractivity contribution in [2.45, 2.75) is 6.42 Å². The van der Waals surface area contributed by atoms with Gasteiger partial charge in [0.1, 0.15) is 5.92 Å².